The van der Waals surface area contributed by atoms with Gasteiger partial charge in [-0.15, -0.1) is 0 Å². The Hall–Kier alpha value is -1.58. The molecular weight excluding hydrogens is 304 g/mol. The van der Waals surface area contributed by atoms with Crippen molar-refractivity contribution in [3.63, 3.8) is 0 Å². The van der Waals surface area contributed by atoms with Gasteiger partial charge < -0.3 is 15.0 Å². The van der Waals surface area contributed by atoms with Gasteiger partial charge >= 0.3 is 0 Å². The third-order valence-electron chi connectivity index (χ3n) is 4.09. The Labute approximate surface area is 146 Å². The van der Waals surface area contributed by atoms with Crippen LogP contribution in [-0.2, 0) is 9.53 Å². The average Bonchev–Trinajstić information content (AvgIpc) is 2.62. The summed E-state index contributed by atoms with van der Waals surface area (Å²) in [5, 5.41) is 12.2. The monoisotopic (exact) mass is 336 g/mol. The lowest BCUT2D eigenvalue weighted by molar-refractivity contribution is -0.117. The molecule has 1 heterocycles. The van der Waals surface area contributed by atoms with Gasteiger partial charge in [-0.3, -0.25) is 9.69 Å². The molecule has 0 atom stereocenters. The minimum atomic E-state index is -0.274. The maximum Gasteiger partial charge on any atom is 0.263 e. The zero-order chi connectivity index (χ0) is 17.6. The van der Waals surface area contributed by atoms with Crippen LogP contribution in [0.4, 0.5) is 0 Å². The van der Waals surface area contributed by atoms with E-state index in [-0.39, 0.29) is 11.5 Å². The molecule has 0 aliphatic carbocycles. The van der Waals surface area contributed by atoms with Crippen molar-refractivity contribution >= 4 is 5.91 Å². The molecule has 6 nitrogen and oxygen atoms in total. The number of hydrogen-bond acceptors (Lipinski definition) is 5. The quantitative estimate of drug-likeness (QED) is 0.460. The van der Waals surface area contributed by atoms with E-state index < -0.39 is 0 Å². The first-order chi connectivity index (χ1) is 11.7. The van der Waals surface area contributed by atoms with Crippen LogP contribution in [-0.4, -0.2) is 68.2 Å². The van der Waals surface area contributed by atoms with Crippen molar-refractivity contribution in [2.24, 2.45) is 0 Å². The second-order valence-electron chi connectivity index (χ2n) is 6.11. The van der Waals surface area contributed by atoms with E-state index in [1.807, 2.05) is 6.07 Å². The Kier molecular flexibility index (Phi) is 10.9. The lowest BCUT2D eigenvalue weighted by Gasteiger charge is -2.26. The van der Waals surface area contributed by atoms with Gasteiger partial charge in [-0.05, 0) is 12.8 Å². The highest BCUT2D eigenvalue weighted by Gasteiger charge is 2.13. The van der Waals surface area contributed by atoms with Crippen molar-refractivity contribution in [2.75, 3.05) is 52.5 Å². The molecule has 136 valence electrons. The average molecular weight is 336 g/mol. The first-order valence-corrected chi connectivity index (χ1v) is 9.15. The van der Waals surface area contributed by atoms with Gasteiger partial charge in [0.15, 0.2) is 0 Å². The molecule has 0 saturated carbocycles. The van der Waals surface area contributed by atoms with Crippen LogP contribution in [0, 0.1) is 11.3 Å². The van der Waals surface area contributed by atoms with E-state index >= 15 is 0 Å². The number of carbonyl (C=O) groups is 1. The molecule has 0 aromatic carbocycles. The van der Waals surface area contributed by atoms with Gasteiger partial charge in [0, 0.05) is 45.5 Å². The smallest absolute Gasteiger partial charge is 0.263 e. The summed E-state index contributed by atoms with van der Waals surface area (Å²) in [6, 6.07) is 2.05. The minimum absolute atomic E-state index is 0.198. The van der Waals surface area contributed by atoms with Crippen LogP contribution < -0.4 is 5.32 Å². The van der Waals surface area contributed by atoms with E-state index in [1.165, 1.54) is 0 Å². The first kappa shape index (κ1) is 20.5. The van der Waals surface area contributed by atoms with Crippen LogP contribution in [0.5, 0.6) is 0 Å². The van der Waals surface area contributed by atoms with Gasteiger partial charge in [0.1, 0.15) is 11.6 Å². The third-order valence-corrected chi connectivity index (χ3v) is 4.09. The van der Waals surface area contributed by atoms with E-state index in [2.05, 4.69) is 29.0 Å². The summed E-state index contributed by atoms with van der Waals surface area (Å²) in [4.78, 5) is 16.6. The molecular formula is C18H32N4O2. The number of nitriles is 1. The summed E-state index contributed by atoms with van der Waals surface area (Å²) in [7, 11) is 0. The predicted octanol–water partition coefficient (Wildman–Crippen LogP) is 1.74. The van der Waals surface area contributed by atoms with E-state index in [0.29, 0.717) is 6.54 Å². The highest BCUT2D eigenvalue weighted by atomic mass is 16.5. The van der Waals surface area contributed by atoms with E-state index in [9.17, 15) is 10.1 Å². The Bertz CT molecular complexity index is 417. The molecule has 24 heavy (non-hydrogen) atoms. The number of nitrogens with zero attached hydrogens (tertiary/aromatic N) is 3. The molecule has 0 spiro atoms. The van der Waals surface area contributed by atoms with Crippen LogP contribution in [0.1, 0.15) is 39.5 Å². The highest BCUT2D eigenvalue weighted by molar-refractivity contribution is 5.97. The fraction of sp³-hybridized carbons (Fsp3) is 0.778. The Morgan fingerprint density at radius 2 is 1.88 bits per heavy atom. The fourth-order valence-corrected chi connectivity index (χ4v) is 2.53. The second-order valence-corrected chi connectivity index (χ2v) is 6.11. The molecule has 0 unspecified atom stereocenters. The molecule has 0 radical (unpaired) electrons. The molecule has 1 fully saturated rings. The molecule has 1 aliphatic rings. The van der Waals surface area contributed by atoms with Crippen LogP contribution >= 0.6 is 0 Å². The van der Waals surface area contributed by atoms with E-state index in [4.69, 9.17) is 4.74 Å². The van der Waals surface area contributed by atoms with Crippen LogP contribution in [0.15, 0.2) is 11.8 Å². The number of unbranched alkanes of at least 4 members (excludes halogenated alkanes) is 2. The number of nitrogens with one attached hydrogen (secondary N) is 1. The van der Waals surface area contributed by atoms with Crippen LogP contribution in [0.3, 0.4) is 0 Å². The maximum absolute atomic E-state index is 12.2. The molecule has 1 amide bonds. The Balaban J connectivity index is 2.47. The SMILES string of the molecule is CCCCN(/C=C(/C#N)C(=O)NCCN1CCOCC1)CCCC. The Morgan fingerprint density at radius 1 is 1.25 bits per heavy atom. The highest BCUT2D eigenvalue weighted by Crippen LogP contribution is 2.04. The van der Waals surface area contributed by atoms with Crippen molar-refractivity contribution in [3.8, 4) is 6.07 Å². The topological polar surface area (TPSA) is 68.6 Å². The van der Waals surface area contributed by atoms with Gasteiger partial charge in [0.25, 0.3) is 5.91 Å². The van der Waals surface area contributed by atoms with Gasteiger partial charge in [0.2, 0.25) is 0 Å². The predicted molar refractivity (Wildman–Crippen MR) is 95.4 cm³/mol. The number of rotatable bonds is 11. The number of carbonyl (C=O) groups excluding carboxylic acids is 1. The first-order valence-electron chi connectivity index (χ1n) is 9.15. The molecule has 1 aliphatic heterocycles. The number of ether oxygens (including phenoxy) is 1. The summed E-state index contributed by atoms with van der Waals surface area (Å²) in [6.07, 6.45) is 6.07. The van der Waals surface area contributed by atoms with Crippen molar-refractivity contribution in [3.05, 3.63) is 11.8 Å². The lowest BCUT2D eigenvalue weighted by Crippen LogP contribution is -2.41. The van der Waals surface area contributed by atoms with Crippen molar-refractivity contribution in [1.29, 1.82) is 5.26 Å². The minimum Gasteiger partial charge on any atom is -0.379 e. The number of hydrogen-bond donors (Lipinski definition) is 1. The summed E-state index contributed by atoms with van der Waals surface area (Å²) < 4.78 is 5.30. The lowest BCUT2D eigenvalue weighted by atomic mass is 10.2. The number of amides is 1. The zero-order valence-corrected chi connectivity index (χ0v) is 15.2. The fourth-order valence-electron chi connectivity index (χ4n) is 2.53. The zero-order valence-electron chi connectivity index (χ0n) is 15.2. The maximum atomic E-state index is 12.2. The van der Waals surface area contributed by atoms with Gasteiger partial charge in [-0.25, -0.2) is 0 Å². The molecule has 0 aromatic heterocycles. The van der Waals surface area contributed by atoms with Gasteiger partial charge in [0.05, 0.1) is 13.2 Å². The van der Waals surface area contributed by atoms with Crippen LogP contribution in [0.25, 0.3) is 0 Å². The largest absolute Gasteiger partial charge is 0.379 e. The molecule has 0 bridgehead atoms. The summed E-state index contributed by atoms with van der Waals surface area (Å²) in [5.74, 6) is -0.274. The Morgan fingerprint density at radius 3 is 2.42 bits per heavy atom. The van der Waals surface area contributed by atoms with E-state index in [1.54, 1.807) is 6.20 Å². The third kappa shape index (κ3) is 8.32. The molecule has 1 saturated heterocycles. The molecule has 1 rings (SSSR count). The normalized spacial score (nSPS) is 15.8. The molecule has 1 N–H and O–H groups in total. The van der Waals surface area contributed by atoms with Crippen molar-refractivity contribution in [2.45, 2.75) is 39.5 Å². The van der Waals surface area contributed by atoms with E-state index in [0.717, 1.165) is 71.6 Å². The summed E-state index contributed by atoms with van der Waals surface area (Å²) in [5.41, 5.74) is 0.198. The second kappa shape index (κ2) is 12.8. The standard InChI is InChI=1S/C18H32N4O2/c1-3-5-8-22(9-6-4-2)16-17(15-19)18(23)20-7-10-21-11-13-24-14-12-21/h16H,3-14H2,1-2H3,(H,20,23)/b17-16-. The summed E-state index contributed by atoms with van der Waals surface area (Å²) >= 11 is 0. The molecule has 0 aromatic rings. The van der Waals surface area contributed by atoms with Crippen molar-refractivity contribution in [1.82, 2.24) is 15.1 Å². The van der Waals surface area contributed by atoms with Gasteiger partial charge in [-0.1, -0.05) is 26.7 Å². The number of morpholine rings is 1. The van der Waals surface area contributed by atoms with Crippen LogP contribution in [0.2, 0.25) is 0 Å². The van der Waals surface area contributed by atoms with Gasteiger partial charge in [-0.2, -0.15) is 5.26 Å². The van der Waals surface area contributed by atoms with Crippen molar-refractivity contribution < 1.29 is 9.53 Å². The molecule has 6 heteroatoms. The summed E-state index contributed by atoms with van der Waals surface area (Å²) in [6.45, 7) is 10.7.